The van der Waals surface area contributed by atoms with Crippen molar-refractivity contribution in [1.82, 2.24) is 9.88 Å². The second-order valence-electron chi connectivity index (χ2n) is 6.83. The maximum Gasteiger partial charge on any atom is 0.257 e. The number of rotatable bonds is 4. The third kappa shape index (κ3) is 4.02. The standard InChI is InChI=1S/C19H25N3OS/c1-13-6-5-9-22(10-13)11-16-12-24-19(20-16)21-18(23)17-8-4-7-14(2)15(17)3/h4,7-8,12-13H,5-6,9-11H2,1-3H3,(H,20,21,23). The van der Waals surface area contributed by atoms with E-state index in [-0.39, 0.29) is 5.91 Å². The van der Waals surface area contributed by atoms with Crippen molar-refractivity contribution in [1.29, 1.82) is 0 Å². The molecule has 2 aromatic rings. The van der Waals surface area contributed by atoms with Gasteiger partial charge in [0.05, 0.1) is 5.69 Å². The summed E-state index contributed by atoms with van der Waals surface area (Å²) in [7, 11) is 0. The second kappa shape index (κ2) is 7.45. The molecule has 0 saturated carbocycles. The van der Waals surface area contributed by atoms with E-state index in [4.69, 9.17) is 0 Å². The van der Waals surface area contributed by atoms with Crippen LogP contribution in [0.2, 0.25) is 0 Å². The van der Waals surface area contributed by atoms with Gasteiger partial charge < -0.3 is 0 Å². The Morgan fingerprint density at radius 3 is 3.04 bits per heavy atom. The summed E-state index contributed by atoms with van der Waals surface area (Å²) < 4.78 is 0. The number of benzene rings is 1. The predicted molar refractivity (Wildman–Crippen MR) is 99.7 cm³/mol. The van der Waals surface area contributed by atoms with E-state index in [0.717, 1.165) is 47.9 Å². The molecule has 1 N–H and O–H groups in total. The zero-order valence-corrected chi connectivity index (χ0v) is 15.4. The number of carbonyl (C=O) groups excluding carboxylic acids is 1. The largest absolute Gasteiger partial charge is 0.298 e. The van der Waals surface area contributed by atoms with E-state index in [1.807, 2.05) is 32.0 Å². The Morgan fingerprint density at radius 1 is 1.42 bits per heavy atom. The molecular weight excluding hydrogens is 318 g/mol. The zero-order valence-electron chi connectivity index (χ0n) is 14.6. The Bertz CT molecular complexity index is 725. The van der Waals surface area contributed by atoms with E-state index in [2.05, 4.69) is 27.5 Å². The van der Waals surface area contributed by atoms with Crippen LogP contribution in [0.25, 0.3) is 0 Å². The number of aromatic nitrogens is 1. The van der Waals surface area contributed by atoms with Gasteiger partial charge in [0.1, 0.15) is 0 Å². The van der Waals surface area contributed by atoms with Crippen LogP contribution >= 0.6 is 11.3 Å². The number of hydrogen-bond donors (Lipinski definition) is 1. The van der Waals surface area contributed by atoms with E-state index in [0.29, 0.717) is 5.13 Å². The molecule has 3 rings (SSSR count). The van der Waals surface area contributed by atoms with E-state index in [1.54, 1.807) is 0 Å². The van der Waals surface area contributed by atoms with Crippen molar-refractivity contribution in [3.63, 3.8) is 0 Å². The molecular formula is C19H25N3OS. The molecule has 1 saturated heterocycles. The molecule has 1 unspecified atom stereocenters. The number of likely N-dealkylation sites (tertiary alicyclic amines) is 1. The normalized spacial score (nSPS) is 18.5. The van der Waals surface area contributed by atoms with Crippen LogP contribution < -0.4 is 5.32 Å². The zero-order chi connectivity index (χ0) is 17.1. The van der Waals surface area contributed by atoms with Gasteiger partial charge in [-0.05, 0) is 56.3 Å². The number of aryl methyl sites for hydroxylation is 1. The lowest BCUT2D eigenvalue weighted by Crippen LogP contribution is -2.33. The van der Waals surface area contributed by atoms with Crippen molar-refractivity contribution in [3.8, 4) is 0 Å². The summed E-state index contributed by atoms with van der Waals surface area (Å²) >= 11 is 1.50. The fraction of sp³-hybridized carbons (Fsp3) is 0.474. The van der Waals surface area contributed by atoms with Gasteiger partial charge in [-0.2, -0.15) is 0 Å². The van der Waals surface area contributed by atoms with Crippen LogP contribution in [-0.4, -0.2) is 28.9 Å². The smallest absolute Gasteiger partial charge is 0.257 e. The maximum atomic E-state index is 12.5. The molecule has 4 nitrogen and oxygen atoms in total. The average molecular weight is 343 g/mol. The Labute approximate surface area is 147 Å². The number of amides is 1. The first kappa shape index (κ1) is 17.1. The molecule has 1 amide bonds. The van der Waals surface area contributed by atoms with Crippen molar-refractivity contribution in [2.75, 3.05) is 18.4 Å². The molecule has 1 aliphatic rings. The lowest BCUT2D eigenvalue weighted by molar-refractivity contribution is 0.102. The minimum atomic E-state index is -0.0799. The van der Waals surface area contributed by atoms with Crippen molar-refractivity contribution in [2.24, 2.45) is 5.92 Å². The van der Waals surface area contributed by atoms with Crippen LogP contribution in [-0.2, 0) is 6.54 Å². The molecule has 24 heavy (non-hydrogen) atoms. The maximum absolute atomic E-state index is 12.5. The van der Waals surface area contributed by atoms with Crippen molar-refractivity contribution < 1.29 is 4.79 Å². The van der Waals surface area contributed by atoms with Gasteiger partial charge >= 0.3 is 0 Å². The van der Waals surface area contributed by atoms with E-state index >= 15 is 0 Å². The number of piperidine rings is 1. The molecule has 0 aliphatic carbocycles. The summed E-state index contributed by atoms with van der Waals surface area (Å²) in [6, 6.07) is 5.80. The fourth-order valence-corrected chi connectivity index (χ4v) is 3.95. The SMILES string of the molecule is Cc1cccc(C(=O)Nc2nc(CN3CCCC(C)C3)cs2)c1C. The van der Waals surface area contributed by atoms with Crippen LogP contribution in [0.5, 0.6) is 0 Å². The van der Waals surface area contributed by atoms with Crippen LogP contribution in [0.3, 0.4) is 0 Å². The lowest BCUT2D eigenvalue weighted by atomic mass is 10.0. The molecule has 1 fully saturated rings. The quantitative estimate of drug-likeness (QED) is 0.903. The first-order valence-corrected chi connectivity index (χ1v) is 9.45. The van der Waals surface area contributed by atoms with E-state index in [9.17, 15) is 4.79 Å². The lowest BCUT2D eigenvalue weighted by Gasteiger charge is -2.30. The highest BCUT2D eigenvalue weighted by Gasteiger charge is 2.18. The molecule has 1 aliphatic heterocycles. The highest BCUT2D eigenvalue weighted by molar-refractivity contribution is 7.13. The molecule has 1 atom stereocenters. The Balaban J connectivity index is 1.63. The van der Waals surface area contributed by atoms with Gasteiger partial charge in [-0.3, -0.25) is 15.0 Å². The number of thiazole rings is 1. The summed E-state index contributed by atoms with van der Waals surface area (Å²) in [6.07, 6.45) is 2.59. The van der Waals surface area contributed by atoms with Crippen LogP contribution in [0, 0.1) is 19.8 Å². The molecule has 0 radical (unpaired) electrons. The van der Waals surface area contributed by atoms with Crippen molar-refractivity contribution in [2.45, 2.75) is 40.2 Å². The molecule has 0 bridgehead atoms. The van der Waals surface area contributed by atoms with Gasteiger partial charge in [0.25, 0.3) is 5.91 Å². The first-order chi connectivity index (χ1) is 11.5. The summed E-state index contributed by atoms with van der Waals surface area (Å²) in [5.41, 5.74) is 3.91. The molecule has 0 spiro atoms. The van der Waals surface area contributed by atoms with Crippen molar-refractivity contribution >= 4 is 22.4 Å². The molecule has 5 heteroatoms. The number of nitrogens with one attached hydrogen (secondary N) is 1. The van der Waals surface area contributed by atoms with Crippen LogP contribution in [0.4, 0.5) is 5.13 Å². The van der Waals surface area contributed by atoms with E-state index in [1.165, 1.54) is 24.2 Å². The van der Waals surface area contributed by atoms with Gasteiger partial charge in [0.2, 0.25) is 0 Å². The summed E-state index contributed by atoms with van der Waals surface area (Å²) in [5, 5.41) is 5.68. The van der Waals surface area contributed by atoms with Gasteiger partial charge in [-0.1, -0.05) is 19.1 Å². The fourth-order valence-electron chi connectivity index (χ4n) is 3.26. The van der Waals surface area contributed by atoms with Crippen LogP contribution in [0.15, 0.2) is 23.6 Å². The van der Waals surface area contributed by atoms with E-state index < -0.39 is 0 Å². The van der Waals surface area contributed by atoms with Crippen molar-refractivity contribution in [3.05, 3.63) is 46.0 Å². The first-order valence-electron chi connectivity index (χ1n) is 8.57. The van der Waals surface area contributed by atoms with Gasteiger partial charge in [-0.15, -0.1) is 11.3 Å². The summed E-state index contributed by atoms with van der Waals surface area (Å²) in [6.45, 7) is 9.47. The Morgan fingerprint density at radius 2 is 2.25 bits per heavy atom. The Kier molecular flexibility index (Phi) is 5.31. The van der Waals surface area contributed by atoms with Crippen LogP contribution in [0.1, 0.15) is 46.9 Å². The average Bonchev–Trinajstić information content (AvgIpc) is 2.97. The minimum absolute atomic E-state index is 0.0799. The van der Waals surface area contributed by atoms with Gasteiger partial charge in [-0.25, -0.2) is 4.98 Å². The van der Waals surface area contributed by atoms with Gasteiger partial charge in [0, 0.05) is 24.0 Å². The number of hydrogen-bond acceptors (Lipinski definition) is 4. The predicted octanol–water partition coefficient (Wildman–Crippen LogP) is 4.24. The molecule has 1 aromatic carbocycles. The van der Waals surface area contributed by atoms with Gasteiger partial charge in [0.15, 0.2) is 5.13 Å². The number of nitrogens with zero attached hydrogens (tertiary/aromatic N) is 2. The third-order valence-corrected chi connectivity index (χ3v) is 5.55. The summed E-state index contributed by atoms with van der Waals surface area (Å²) in [4.78, 5) is 19.5. The molecule has 128 valence electrons. The molecule has 2 heterocycles. The highest BCUT2D eigenvalue weighted by Crippen LogP contribution is 2.22. The monoisotopic (exact) mass is 343 g/mol. The number of anilines is 1. The highest BCUT2D eigenvalue weighted by atomic mass is 32.1. The third-order valence-electron chi connectivity index (χ3n) is 4.75. The Hall–Kier alpha value is -1.72. The summed E-state index contributed by atoms with van der Waals surface area (Å²) in [5.74, 6) is 0.685. The number of carbonyl (C=O) groups is 1. The molecule has 1 aromatic heterocycles. The topological polar surface area (TPSA) is 45.2 Å². The second-order valence-corrected chi connectivity index (χ2v) is 7.69. The minimum Gasteiger partial charge on any atom is -0.298 e.